The van der Waals surface area contributed by atoms with E-state index in [0.29, 0.717) is 18.1 Å². The molecular formula is C12H20O. The largest absolute Gasteiger partial charge is 0.299 e. The lowest BCUT2D eigenvalue weighted by Crippen LogP contribution is -2.21. The van der Waals surface area contributed by atoms with Crippen molar-refractivity contribution in [1.82, 2.24) is 0 Å². The Labute approximate surface area is 81.2 Å². The summed E-state index contributed by atoms with van der Waals surface area (Å²) in [5, 5.41) is 0. The van der Waals surface area contributed by atoms with Crippen LogP contribution in [0, 0.1) is 11.8 Å². The van der Waals surface area contributed by atoms with Crippen LogP contribution in [0.1, 0.15) is 45.4 Å². The molecule has 0 saturated heterocycles. The molecule has 1 fully saturated rings. The van der Waals surface area contributed by atoms with Gasteiger partial charge in [0.1, 0.15) is 5.78 Å². The van der Waals surface area contributed by atoms with E-state index >= 15 is 0 Å². The molecule has 1 heteroatoms. The molecule has 0 radical (unpaired) electrons. The van der Waals surface area contributed by atoms with Crippen molar-refractivity contribution in [3.8, 4) is 0 Å². The summed E-state index contributed by atoms with van der Waals surface area (Å²) in [7, 11) is 0. The number of hydrogen-bond acceptors (Lipinski definition) is 1. The highest BCUT2D eigenvalue weighted by Crippen LogP contribution is 2.31. The fourth-order valence-electron chi connectivity index (χ4n) is 2.20. The summed E-state index contributed by atoms with van der Waals surface area (Å²) in [5.41, 5.74) is 0. The molecule has 0 atom stereocenters. The van der Waals surface area contributed by atoms with Gasteiger partial charge in [-0.2, -0.15) is 0 Å². The number of carbonyl (C=O) groups is 1. The first-order chi connectivity index (χ1) is 6.27. The Hall–Kier alpha value is -0.590. The molecule has 0 unspecified atom stereocenters. The van der Waals surface area contributed by atoms with Crippen LogP contribution in [0.15, 0.2) is 12.7 Å². The Morgan fingerprint density at radius 3 is 2.46 bits per heavy atom. The van der Waals surface area contributed by atoms with Gasteiger partial charge in [0, 0.05) is 12.3 Å². The van der Waals surface area contributed by atoms with Crippen molar-refractivity contribution >= 4 is 5.78 Å². The van der Waals surface area contributed by atoms with Gasteiger partial charge in [0.05, 0.1) is 0 Å². The molecule has 0 aromatic carbocycles. The van der Waals surface area contributed by atoms with Crippen LogP contribution < -0.4 is 0 Å². The molecule has 0 spiro atoms. The van der Waals surface area contributed by atoms with E-state index in [1.165, 1.54) is 19.3 Å². The van der Waals surface area contributed by atoms with Gasteiger partial charge in [-0.1, -0.05) is 19.4 Å². The zero-order valence-corrected chi connectivity index (χ0v) is 8.59. The fraction of sp³-hybridized carbons (Fsp3) is 0.750. The summed E-state index contributed by atoms with van der Waals surface area (Å²) in [5.74, 6) is 1.64. The van der Waals surface area contributed by atoms with Gasteiger partial charge in [-0.25, -0.2) is 0 Å². The maximum absolute atomic E-state index is 11.5. The molecule has 0 aromatic heterocycles. The van der Waals surface area contributed by atoms with E-state index in [0.717, 1.165) is 18.8 Å². The molecule has 1 saturated carbocycles. The molecule has 1 aliphatic rings. The minimum absolute atomic E-state index is 0.348. The molecule has 13 heavy (non-hydrogen) atoms. The van der Waals surface area contributed by atoms with Gasteiger partial charge >= 0.3 is 0 Å². The van der Waals surface area contributed by atoms with Gasteiger partial charge < -0.3 is 0 Å². The molecule has 0 aliphatic heterocycles. The summed E-state index contributed by atoms with van der Waals surface area (Å²) in [6.07, 6.45) is 8.32. The third-order valence-corrected chi connectivity index (χ3v) is 3.22. The maximum Gasteiger partial charge on any atom is 0.139 e. The third-order valence-electron chi connectivity index (χ3n) is 3.22. The quantitative estimate of drug-likeness (QED) is 0.606. The van der Waals surface area contributed by atoms with Crippen LogP contribution >= 0.6 is 0 Å². The molecule has 0 heterocycles. The van der Waals surface area contributed by atoms with Crippen molar-refractivity contribution in [3.05, 3.63) is 12.7 Å². The summed E-state index contributed by atoms with van der Waals surface area (Å²) < 4.78 is 0. The monoisotopic (exact) mass is 180 g/mol. The van der Waals surface area contributed by atoms with Crippen molar-refractivity contribution in [3.63, 3.8) is 0 Å². The second-order valence-electron chi connectivity index (χ2n) is 4.09. The van der Waals surface area contributed by atoms with E-state index in [4.69, 9.17) is 0 Å². The van der Waals surface area contributed by atoms with Crippen molar-refractivity contribution < 1.29 is 4.79 Å². The molecule has 74 valence electrons. The van der Waals surface area contributed by atoms with Crippen LogP contribution in [0.3, 0.4) is 0 Å². The van der Waals surface area contributed by atoms with E-state index in [9.17, 15) is 4.79 Å². The van der Waals surface area contributed by atoms with Gasteiger partial charge in [0.2, 0.25) is 0 Å². The summed E-state index contributed by atoms with van der Waals surface area (Å²) >= 11 is 0. The van der Waals surface area contributed by atoms with E-state index in [2.05, 4.69) is 13.5 Å². The first-order valence-corrected chi connectivity index (χ1v) is 5.41. The molecular weight excluding hydrogens is 160 g/mol. The first-order valence-electron chi connectivity index (χ1n) is 5.41. The molecule has 1 rings (SSSR count). The van der Waals surface area contributed by atoms with E-state index in [1.807, 2.05) is 0 Å². The molecule has 0 aromatic rings. The Balaban J connectivity index is 2.31. The smallest absolute Gasteiger partial charge is 0.139 e. The normalized spacial score (nSPS) is 28.4. The fourth-order valence-corrected chi connectivity index (χ4v) is 2.20. The number of ketones is 1. The number of rotatable bonds is 4. The van der Waals surface area contributed by atoms with Crippen LogP contribution in [0.5, 0.6) is 0 Å². The summed E-state index contributed by atoms with van der Waals surface area (Å²) in [4.78, 5) is 11.5. The standard InChI is InChI=1S/C12H20O/c1-3-5-12(13)11-8-6-10(4-2)7-9-11/h3,10-11H,1,4-9H2,2H3. The average molecular weight is 180 g/mol. The topological polar surface area (TPSA) is 17.1 Å². The minimum Gasteiger partial charge on any atom is -0.299 e. The van der Waals surface area contributed by atoms with Crippen LogP contribution in [0.25, 0.3) is 0 Å². The highest BCUT2D eigenvalue weighted by atomic mass is 16.1. The average Bonchev–Trinajstić information content (AvgIpc) is 2.18. The Morgan fingerprint density at radius 1 is 1.38 bits per heavy atom. The minimum atomic E-state index is 0.348. The van der Waals surface area contributed by atoms with Crippen molar-refractivity contribution in [1.29, 1.82) is 0 Å². The number of Topliss-reactive ketones (excluding diaryl/α,β-unsaturated/α-hetero) is 1. The van der Waals surface area contributed by atoms with Gasteiger partial charge in [0.15, 0.2) is 0 Å². The zero-order chi connectivity index (χ0) is 9.68. The number of carbonyl (C=O) groups excluding carboxylic acids is 1. The predicted molar refractivity (Wildman–Crippen MR) is 55.6 cm³/mol. The van der Waals surface area contributed by atoms with Crippen molar-refractivity contribution in [2.75, 3.05) is 0 Å². The lowest BCUT2D eigenvalue weighted by atomic mass is 9.78. The number of allylic oxidation sites excluding steroid dienone is 1. The van der Waals surface area contributed by atoms with Gasteiger partial charge in [-0.05, 0) is 31.6 Å². The highest BCUT2D eigenvalue weighted by Gasteiger charge is 2.24. The van der Waals surface area contributed by atoms with Crippen LogP contribution in [0.4, 0.5) is 0 Å². The van der Waals surface area contributed by atoms with E-state index in [1.54, 1.807) is 6.08 Å². The summed E-state index contributed by atoms with van der Waals surface area (Å²) in [6, 6.07) is 0. The lowest BCUT2D eigenvalue weighted by Gasteiger charge is -2.26. The predicted octanol–water partition coefficient (Wildman–Crippen LogP) is 3.35. The first kappa shape index (κ1) is 10.5. The molecule has 0 bridgehead atoms. The van der Waals surface area contributed by atoms with E-state index in [-0.39, 0.29) is 0 Å². The number of hydrogen-bond donors (Lipinski definition) is 0. The van der Waals surface area contributed by atoms with Gasteiger partial charge in [0.25, 0.3) is 0 Å². The van der Waals surface area contributed by atoms with Gasteiger partial charge in [-0.15, -0.1) is 6.58 Å². The molecule has 0 amide bonds. The van der Waals surface area contributed by atoms with Crippen LogP contribution in [-0.4, -0.2) is 5.78 Å². The molecule has 0 N–H and O–H groups in total. The van der Waals surface area contributed by atoms with Crippen molar-refractivity contribution in [2.45, 2.75) is 45.4 Å². The zero-order valence-electron chi connectivity index (χ0n) is 8.59. The van der Waals surface area contributed by atoms with Crippen LogP contribution in [-0.2, 0) is 4.79 Å². The van der Waals surface area contributed by atoms with Crippen molar-refractivity contribution in [2.24, 2.45) is 11.8 Å². The Kier molecular flexibility index (Phi) is 4.20. The van der Waals surface area contributed by atoms with Crippen LogP contribution in [0.2, 0.25) is 0 Å². The second-order valence-corrected chi connectivity index (χ2v) is 4.09. The summed E-state index contributed by atoms with van der Waals surface area (Å²) in [6.45, 7) is 5.85. The SMILES string of the molecule is C=CCC(=O)C1CCC(CC)CC1. The van der Waals surface area contributed by atoms with Gasteiger partial charge in [-0.3, -0.25) is 4.79 Å². The van der Waals surface area contributed by atoms with E-state index < -0.39 is 0 Å². The Morgan fingerprint density at radius 2 is 2.00 bits per heavy atom. The molecule has 1 aliphatic carbocycles. The molecule has 1 nitrogen and oxygen atoms in total. The lowest BCUT2D eigenvalue weighted by molar-refractivity contribution is -0.123. The highest BCUT2D eigenvalue weighted by molar-refractivity contribution is 5.82. The maximum atomic E-state index is 11.5. The second kappa shape index (κ2) is 5.21. The third kappa shape index (κ3) is 2.98. The Bertz CT molecular complexity index is 176.